The third-order valence-corrected chi connectivity index (χ3v) is 4.52. The maximum Gasteiger partial charge on any atom is 0.0331 e. The van der Waals surface area contributed by atoms with Gasteiger partial charge in [0.05, 0.1) is 0 Å². The summed E-state index contributed by atoms with van der Waals surface area (Å²) < 4.78 is 0. The number of piperidine rings is 1. The largest absolute Gasteiger partial charge is 0.329 e. The Morgan fingerprint density at radius 2 is 2.44 bits per heavy atom. The summed E-state index contributed by atoms with van der Waals surface area (Å²) in [5.41, 5.74) is 7.35. The molecule has 3 heteroatoms. The molecule has 1 aromatic heterocycles. The Balaban J connectivity index is 2.07. The minimum absolute atomic E-state index is 0.521. The third-order valence-electron chi connectivity index (χ3n) is 3.82. The van der Waals surface area contributed by atoms with Gasteiger partial charge in [-0.05, 0) is 54.6 Å². The summed E-state index contributed by atoms with van der Waals surface area (Å²) in [7, 11) is 0. The molecule has 1 fully saturated rings. The van der Waals surface area contributed by atoms with Crippen LogP contribution in [0.1, 0.15) is 38.3 Å². The normalized spacial score (nSPS) is 29.2. The molecule has 16 heavy (non-hydrogen) atoms. The molecule has 1 aliphatic rings. The Kier molecular flexibility index (Phi) is 4.00. The van der Waals surface area contributed by atoms with E-state index in [1.165, 1.54) is 24.9 Å². The molecule has 0 bridgehead atoms. The third kappa shape index (κ3) is 2.47. The Hall–Kier alpha value is -0.380. The van der Waals surface area contributed by atoms with Gasteiger partial charge in [-0.25, -0.2) is 0 Å². The summed E-state index contributed by atoms with van der Waals surface area (Å²) in [6, 6.07) is 3.33. The number of nitrogens with zero attached hydrogens (tertiary/aromatic N) is 1. The second kappa shape index (κ2) is 5.30. The second-order valence-corrected chi connectivity index (χ2v) is 5.77. The van der Waals surface area contributed by atoms with Gasteiger partial charge in [0.15, 0.2) is 0 Å². The SMILES string of the molecule is CC1CCN(C(C)c2ccsc2)C(CN)C1. The molecule has 2 N–H and O–H groups in total. The van der Waals surface area contributed by atoms with E-state index in [1.54, 1.807) is 11.3 Å². The van der Waals surface area contributed by atoms with Gasteiger partial charge in [0.25, 0.3) is 0 Å². The van der Waals surface area contributed by atoms with Crippen LogP contribution in [0.3, 0.4) is 0 Å². The van der Waals surface area contributed by atoms with Crippen molar-refractivity contribution in [1.29, 1.82) is 0 Å². The Labute approximate surface area is 102 Å². The van der Waals surface area contributed by atoms with Crippen molar-refractivity contribution in [2.75, 3.05) is 13.1 Å². The molecule has 2 heterocycles. The van der Waals surface area contributed by atoms with Gasteiger partial charge >= 0.3 is 0 Å². The Morgan fingerprint density at radius 1 is 1.62 bits per heavy atom. The fraction of sp³-hybridized carbons (Fsp3) is 0.692. The van der Waals surface area contributed by atoms with E-state index in [2.05, 4.69) is 35.6 Å². The van der Waals surface area contributed by atoms with E-state index in [9.17, 15) is 0 Å². The van der Waals surface area contributed by atoms with Crippen LogP contribution < -0.4 is 5.73 Å². The zero-order valence-electron chi connectivity index (χ0n) is 10.2. The van der Waals surface area contributed by atoms with Gasteiger partial charge in [-0.1, -0.05) is 6.92 Å². The number of hydrogen-bond acceptors (Lipinski definition) is 3. The first kappa shape index (κ1) is 12.1. The molecule has 2 nitrogen and oxygen atoms in total. The smallest absolute Gasteiger partial charge is 0.0331 e. The predicted molar refractivity (Wildman–Crippen MR) is 70.7 cm³/mol. The first-order chi connectivity index (χ1) is 7.72. The molecule has 0 spiro atoms. The van der Waals surface area contributed by atoms with Crippen molar-refractivity contribution in [1.82, 2.24) is 4.90 Å². The first-order valence-electron chi connectivity index (χ1n) is 6.20. The second-order valence-electron chi connectivity index (χ2n) is 4.99. The summed E-state index contributed by atoms with van der Waals surface area (Å²) in [5.74, 6) is 0.833. The number of rotatable bonds is 3. The molecule has 0 radical (unpaired) electrons. The number of thiophene rings is 1. The highest BCUT2D eigenvalue weighted by atomic mass is 32.1. The lowest BCUT2D eigenvalue weighted by atomic mass is 9.90. The average Bonchev–Trinajstić information content (AvgIpc) is 2.81. The van der Waals surface area contributed by atoms with Crippen molar-refractivity contribution >= 4 is 11.3 Å². The van der Waals surface area contributed by atoms with Gasteiger partial charge in [0.2, 0.25) is 0 Å². The number of hydrogen-bond donors (Lipinski definition) is 1. The highest BCUT2D eigenvalue weighted by Crippen LogP contribution is 2.31. The van der Waals surface area contributed by atoms with Gasteiger partial charge in [-0.15, -0.1) is 0 Å². The fourth-order valence-corrected chi connectivity index (χ4v) is 3.46. The number of nitrogens with two attached hydrogens (primary N) is 1. The first-order valence-corrected chi connectivity index (χ1v) is 7.14. The van der Waals surface area contributed by atoms with E-state index >= 15 is 0 Å². The van der Waals surface area contributed by atoms with Crippen molar-refractivity contribution in [3.05, 3.63) is 22.4 Å². The van der Waals surface area contributed by atoms with Gasteiger partial charge in [0, 0.05) is 18.6 Å². The minimum Gasteiger partial charge on any atom is -0.329 e. The molecule has 90 valence electrons. The van der Waals surface area contributed by atoms with Crippen LogP contribution >= 0.6 is 11.3 Å². The lowest BCUT2D eigenvalue weighted by molar-refractivity contribution is 0.0836. The van der Waals surface area contributed by atoms with Crippen LogP contribution in [-0.4, -0.2) is 24.0 Å². The molecule has 0 amide bonds. The highest BCUT2D eigenvalue weighted by molar-refractivity contribution is 7.07. The highest BCUT2D eigenvalue weighted by Gasteiger charge is 2.29. The molecule has 1 aliphatic heterocycles. The summed E-state index contributed by atoms with van der Waals surface area (Å²) >= 11 is 1.78. The van der Waals surface area contributed by atoms with E-state index in [0.29, 0.717) is 12.1 Å². The molecule has 3 unspecified atom stereocenters. The van der Waals surface area contributed by atoms with Crippen LogP contribution in [0.15, 0.2) is 16.8 Å². The van der Waals surface area contributed by atoms with Crippen molar-refractivity contribution in [3.63, 3.8) is 0 Å². The summed E-state index contributed by atoms with van der Waals surface area (Å²) in [4.78, 5) is 2.59. The molecule has 0 saturated carbocycles. The quantitative estimate of drug-likeness (QED) is 0.877. The average molecular weight is 238 g/mol. The monoisotopic (exact) mass is 238 g/mol. The predicted octanol–water partition coefficient (Wildman–Crippen LogP) is 2.87. The van der Waals surface area contributed by atoms with E-state index < -0.39 is 0 Å². The summed E-state index contributed by atoms with van der Waals surface area (Å²) in [6.45, 7) is 6.63. The van der Waals surface area contributed by atoms with Gasteiger partial charge in [0.1, 0.15) is 0 Å². The van der Waals surface area contributed by atoms with Crippen LogP contribution in [-0.2, 0) is 0 Å². The molecule has 2 rings (SSSR count). The van der Waals surface area contributed by atoms with Crippen LogP contribution in [0.2, 0.25) is 0 Å². The topological polar surface area (TPSA) is 29.3 Å². The van der Waals surface area contributed by atoms with Crippen molar-refractivity contribution in [3.8, 4) is 0 Å². The van der Waals surface area contributed by atoms with Crippen LogP contribution in [0.25, 0.3) is 0 Å². The summed E-state index contributed by atoms with van der Waals surface area (Å²) in [6.07, 6.45) is 2.57. The lowest BCUT2D eigenvalue weighted by Crippen LogP contribution is -2.47. The van der Waals surface area contributed by atoms with E-state index in [0.717, 1.165) is 12.5 Å². The van der Waals surface area contributed by atoms with Gasteiger partial charge in [-0.2, -0.15) is 11.3 Å². The van der Waals surface area contributed by atoms with Crippen molar-refractivity contribution < 1.29 is 0 Å². The molecule has 1 saturated heterocycles. The molecule has 0 aromatic carbocycles. The van der Waals surface area contributed by atoms with Gasteiger partial charge < -0.3 is 5.73 Å². The van der Waals surface area contributed by atoms with Crippen molar-refractivity contribution in [2.24, 2.45) is 11.7 Å². The molecular weight excluding hydrogens is 216 g/mol. The van der Waals surface area contributed by atoms with Crippen LogP contribution in [0, 0.1) is 5.92 Å². The Morgan fingerprint density at radius 3 is 3.06 bits per heavy atom. The van der Waals surface area contributed by atoms with Crippen molar-refractivity contribution in [2.45, 2.75) is 38.8 Å². The Bertz CT molecular complexity index is 310. The van der Waals surface area contributed by atoms with Gasteiger partial charge in [-0.3, -0.25) is 4.90 Å². The van der Waals surface area contributed by atoms with E-state index in [1.807, 2.05) is 0 Å². The number of likely N-dealkylation sites (tertiary alicyclic amines) is 1. The zero-order chi connectivity index (χ0) is 11.5. The molecular formula is C13H22N2S. The lowest BCUT2D eigenvalue weighted by Gasteiger charge is -2.41. The molecule has 0 aliphatic carbocycles. The van der Waals surface area contributed by atoms with E-state index in [4.69, 9.17) is 5.73 Å². The zero-order valence-corrected chi connectivity index (χ0v) is 11.0. The van der Waals surface area contributed by atoms with Crippen LogP contribution in [0.5, 0.6) is 0 Å². The standard InChI is InChI=1S/C13H22N2S/c1-10-3-5-15(13(7-10)8-14)11(2)12-4-6-16-9-12/h4,6,9-11,13H,3,5,7-8,14H2,1-2H3. The summed E-state index contributed by atoms with van der Waals surface area (Å²) in [5, 5.41) is 4.42. The fourth-order valence-electron chi connectivity index (χ4n) is 2.72. The minimum atomic E-state index is 0.521. The van der Waals surface area contributed by atoms with Crippen LogP contribution in [0.4, 0.5) is 0 Å². The maximum atomic E-state index is 5.91. The molecule has 3 atom stereocenters. The maximum absolute atomic E-state index is 5.91. The molecule has 1 aromatic rings. The van der Waals surface area contributed by atoms with E-state index in [-0.39, 0.29) is 0 Å².